The third kappa shape index (κ3) is 2.91. The molecule has 0 saturated carbocycles. The molecule has 4 heteroatoms. The standard InChI is InChI=1S/C20H19N3O/c24-20-18(12-15-7-4-10-21-15)17-11-16(8-9-19(17)23-20)22-13-14-5-2-1-3-6-14/h1-10,12,17,21-22H,11,13H2,(H,23,24)/b18-12-. The molecule has 3 N–H and O–H groups in total. The number of benzene rings is 1. The number of rotatable bonds is 4. The Morgan fingerprint density at radius 1 is 1.12 bits per heavy atom. The first kappa shape index (κ1) is 14.6. The van der Waals surface area contributed by atoms with Crippen LogP contribution in [0.3, 0.4) is 0 Å². The summed E-state index contributed by atoms with van der Waals surface area (Å²) in [6.45, 7) is 0.791. The zero-order valence-electron chi connectivity index (χ0n) is 13.3. The molecular weight excluding hydrogens is 298 g/mol. The molecule has 2 aliphatic rings. The number of carbonyl (C=O) groups is 1. The van der Waals surface area contributed by atoms with E-state index in [1.807, 2.05) is 48.7 Å². The van der Waals surface area contributed by atoms with E-state index in [4.69, 9.17) is 0 Å². The van der Waals surface area contributed by atoms with E-state index in [2.05, 4.69) is 33.8 Å². The van der Waals surface area contributed by atoms with Crippen molar-refractivity contribution in [2.24, 2.45) is 5.92 Å². The van der Waals surface area contributed by atoms with Crippen LogP contribution in [-0.4, -0.2) is 10.9 Å². The SMILES string of the molecule is O=C1NC2=CC=C(NCc3ccccc3)CC2/C1=C/c1ccc[nH]1. The minimum Gasteiger partial charge on any atom is -0.384 e. The lowest BCUT2D eigenvalue weighted by Crippen LogP contribution is -2.19. The molecule has 24 heavy (non-hydrogen) atoms. The third-order valence-corrected chi connectivity index (χ3v) is 4.45. The molecular formula is C20H19N3O. The average Bonchev–Trinajstić information content (AvgIpc) is 3.23. The highest BCUT2D eigenvalue weighted by Gasteiger charge is 2.34. The molecule has 1 atom stereocenters. The molecule has 120 valence electrons. The van der Waals surface area contributed by atoms with Crippen LogP contribution in [0.1, 0.15) is 17.7 Å². The fourth-order valence-electron chi connectivity index (χ4n) is 3.18. The van der Waals surface area contributed by atoms with Gasteiger partial charge < -0.3 is 15.6 Å². The number of allylic oxidation sites excluding steroid dienone is 4. The predicted octanol–water partition coefficient (Wildman–Crippen LogP) is 3.11. The largest absolute Gasteiger partial charge is 0.384 e. The van der Waals surface area contributed by atoms with Crippen molar-refractivity contribution < 1.29 is 4.79 Å². The fourth-order valence-corrected chi connectivity index (χ4v) is 3.18. The van der Waals surface area contributed by atoms with E-state index in [1.165, 1.54) is 5.56 Å². The van der Waals surface area contributed by atoms with E-state index >= 15 is 0 Å². The molecule has 4 rings (SSSR count). The Hall–Kier alpha value is -3.01. The Kier molecular flexibility index (Phi) is 3.79. The van der Waals surface area contributed by atoms with Gasteiger partial charge in [0.15, 0.2) is 0 Å². The number of hydrogen-bond donors (Lipinski definition) is 3. The molecule has 1 aromatic carbocycles. The maximum absolute atomic E-state index is 12.3. The van der Waals surface area contributed by atoms with Crippen molar-refractivity contribution in [3.63, 3.8) is 0 Å². The van der Waals surface area contributed by atoms with Gasteiger partial charge in [-0.05, 0) is 42.3 Å². The second-order valence-electron chi connectivity index (χ2n) is 6.09. The third-order valence-electron chi connectivity index (χ3n) is 4.45. The molecule has 0 bridgehead atoms. The van der Waals surface area contributed by atoms with Crippen molar-refractivity contribution in [1.29, 1.82) is 0 Å². The number of nitrogens with one attached hydrogen (secondary N) is 3. The van der Waals surface area contributed by atoms with Gasteiger partial charge in [0, 0.05) is 41.3 Å². The highest BCUT2D eigenvalue weighted by Crippen LogP contribution is 2.35. The molecule has 1 aliphatic carbocycles. The van der Waals surface area contributed by atoms with Crippen molar-refractivity contribution in [3.8, 4) is 0 Å². The van der Waals surface area contributed by atoms with Crippen molar-refractivity contribution >= 4 is 12.0 Å². The molecule has 4 nitrogen and oxygen atoms in total. The molecule has 0 radical (unpaired) electrons. The Morgan fingerprint density at radius 2 is 2.00 bits per heavy atom. The quantitative estimate of drug-likeness (QED) is 0.759. The molecule has 1 saturated heterocycles. The summed E-state index contributed by atoms with van der Waals surface area (Å²) >= 11 is 0. The first-order valence-corrected chi connectivity index (χ1v) is 8.14. The van der Waals surface area contributed by atoms with E-state index in [0.29, 0.717) is 0 Å². The van der Waals surface area contributed by atoms with Crippen molar-refractivity contribution in [2.75, 3.05) is 0 Å². The second kappa shape index (κ2) is 6.24. The molecule has 1 aromatic heterocycles. The molecule has 2 heterocycles. The first-order valence-electron chi connectivity index (χ1n) is 8.14. The zero-order valence-corrected chi connectivity index (χ0v) is 13.3. The van der Waals surface area contributed by atoms with Gasteiger partial charge in [0.25, 0.3) is 5.91 Å². The second-order valence-corrected chi connectivity index (χ2v) is 6.09. The van der Waals surface area contributed by atoms with E-state index in [9.17, 15) is 4.79 Å². The number of amides is 1. The van der Waals surface area contributed by atoms with Crippen LogP contribution in [0.2, 0.25) is 0 Å². The summed E-state index contributed by atoms with van der Waals surface area (Å²) in [7, 11) is 0. The van der Waals surface area contributed by atoms with Crippen LogP contribution in [0.5, 0.6) is 0 Å². The Labute approximate surface area is 141 Å². The smallest absolute Gasteiger partial charge is 0.252 e. The molecule has 1 aliphatic heterocycles. The number of hydrogen-bond acceptors (Lipinski definition) is 2. The molecule has 1 amide bonds. The van der Waals surface area contributed by atoms with Crippen LogP contribution < -0.4 is 10.6 Å². The van der Waals surface area contributed by atoms with Crippen molar-refractivity contribution in [3.05, 3.63) is 89.0 Å². The maximum atomic E-state index is 12.3. The number of carbonyl (C=O) groups excluding carboxylic acids is 1. The molecule has 2 aromatic rings. The van der Waals surface area contributed by atoms with Gasteiger partial charge >= 0.3 is 0 Å². The minimum atomic E-state index is -0.00133. The lowest BCUT2D eigenvalue weighted by Gasteiger charge is -2.20. The molecule has 1 fully saturated rings. The van der Waals surface area contributed by atoms with Crippen LogP contribution in [-0.2, 0) is 11.3 Å². The fraction of sp³-hybridized carbons (Fsp3) is 0.150. The summed E-state index contributed by atoms with van der Waals surface area (Å²) in [4.78, 5) is 15.4. The van der Waals surface area contributed by atoms with Gasteiger partial charge in [-0.25, -0.2) is 0 Å². The van der Waals surface area contributed by atoms with Gasteiger partial charge in [-0.1, -0.05) is 30.3 Å². The van der Waals surface area contributed by atoms with Crippen LogP contribution in [0.15, 0.2) is 77.8 Å². The Balaban J connectivity index is 1.49. The normalized spacial score (nSPS) is 21.1. The van der Waals surface area contributed by atoms with Crippen molar-refractivity contribution in [1.82, 2.24) is 15.6 Å². The Morgan fingerprint density at radius 3 is 2.79 bits per heavy atom. The highest BCUT2D eigenvalue weighted by molar-refractivity contribution is 6.03. The van der Waals surface area contributed by atoms with Crippen molar-refractivity contribution in [2.45, 2.75) is 13.0 Å². The Bertz CT molecular complexity index is 829. The zero-order chi connectivity index (χ0) is 16.4. The molecule has 1 unspecified atom stereocenters. The number of fused-ring (bicyclic) bond motifs is 1. The van der Waals surface area contributed by atoms with E-state index in [0.717, 1.165) is 35.6 Å². The van der Waals surface area contributed by atoms with E-state index in [1.54, 1.807) is 0 Å². The summed E-state index contributed by atoms with van der Waals surface area (Å²) < 4.78 is 0. The summed E-state index contributed by atoms with van der Waals surface area (Å²) in [5, 5.41) is 6.47. The average molecular weight is 317 g/mol. The number of H-pyrrole nitrogens is 1. The highest BCUT2D eigenvalue weighted by atomic mass is 16.2. The summed E-state index contributed by atoms with van der Waals surface area (Å²) in [5.74, 6) is 0.0997. The van der Waals surface area contributed by atoms with Gasteiger partial charge in [-0.15, -0.1) is 0 Å². The monoisotopic (exact) mass is 317 g/mol. The lowest BCUT2D eigenvalue weighted by atomic mass is 9.90. The number of aromatic nitrogens is 1. The van der Waals surface area contributed by atoms with Gasteiger partial charge in [0.05, 0.1) is 0 Å². The van der Waals surface area contributed by atoms with Gasteiger partial charge in [0.2, 0.25) is 0 Å². The van der Waals surface area contributed by atoms with Gasteiger partial charge in [0.1, 0.15) is 0 Å². The van der Waals surface area contributed by atoms with Crippen LogP contribution in [0, 0.1) is 5.92 Å². The van der Waals surface area contributed by atoms with E-state index in [-0.39, 0.29) is 11.8 Å². The van der Waals surface area contributed by atoms with Crippen LogP contribution >= 0.6 is 0 Å². The van der Waals surface area contributed by atoms with Crippen LogP contribution in [0.25, 0.3) is 6.08 Å². The number of aromatic amines is 1. The summed E-state index contributed by atoms with van der Waals surface area (Å²) in [6, 6.07) is 14.2. The summed E-state index contributed by atoms with van der Waals surface area (Å²) in [6.07, 6.45) is 8.69. The van der Waals surface area contributed by atoms with E-state index < -0.39 is 0 Å². The van der Waals surface area contributed by atoms with Crippen LogP contribution in [0.4, 0.5) is 0 Å². The summed E-state index contributed by atoms with van der Waals surface area (Å²) in [5.41, 5.74) is 5.16. The lowest BCUT2D eigenvalue weighted by molar-refractivity contribution is -0.115. The minimum absolute atomic E-state index is 0.00133. The molecule has 0 spiro atoms. The first-order chi connectivity index (χ1) is 11.8. The van der Waals surface area contributed by atoms with Gasteiger partial charge in [-0.3, -0.25) is 4.79 Å². The van der Waals surface area contributed by atoms with Gasteiger partial charge in [-0.2, -0.15) is 0 Å². The topological polar surface area (TPSA) is 56.9 Å². The predicted molar refractivity (Wildman–Crippen MR) is 94.5 cm³/mol. The maximum Gasteiger partial charge on any atom is 0.252 e.